The lowest BCUT2D eigenvalue weighted by atomic mass is 10.2. The van der Waals surface area contributed by atoms with Crippen LogP contribution in [0.1, 0.15) is 5.56 Å². The normalized spacial score (nSPS) is 11.9. The minimum absolute atomic E-state index is 0.342. The molecule has 19 heavy (non-hydrogen) atoms. The molecule has 2 rings (SSSR count). The third-order valence-corrected chi connectivity index (χ3v) is 1.96. The molecule has 0 aliphatic carbocycles. The zero-order chi connectivity index (χ0) is 13.9. The van der Waals surface area contributed by atoms with Crippen LogP contribution in [0.15, 0.2) is 40.5 Å². The number of ether oxygens (including phenoxy) is 1. The van der Waals surface area contributed by atoms with E-state index < -0.39 is 12.1 Å². The van der Waals surface area contributed by atoms with Crippen molar-refractivity contribution >= 4 is 6.21 Å². The lowest BCUT2D eigenvalue weighted by molar-refractivity contribution is -0.274. The molecular weight excluding hydrogens is 265 g/mol. The molecule has 0 unspecified atom stereocenters. The van der Waals surface area contributed by atoms with Crippen LogP contribution >= 0.6 is 0 Å². The quantitative estimate of drug-likeness (QED) is 0.857. The first-order valence-corrected chi connectivity index (χ1v) is 4.96. The fourth-order valence-electron chi connectivity index (χ4n) is 1.25. The Balaban J connectivity index is 2.18. The van der Waals surface area contributed by atoms with Crippen molar-refractivity contribution in [3.63, 3.8) is 0 Å². The highest BCUT2D eigenvalue weighted by Crippen LogP contribution is 2.22. The SMILES string of the molecule is O=c1[nH]ncn1/N=C/c1cccc(OC(F)(F)F)c1. The van der Waals surface area contributed by atoms with Gasteiger partial charge in [0, 0.05) is 0 Å². The maximum Gasteiger partial charge on any atom is 0.573 e. The Morgan fingerprint density at radius 3 is 2.84 bits per heavy atom. The van der Waals surface area contributed by atoms with E-state index in [0.717, 1.165) is 23.1 Å². The third kappa shape index (κ3) is 3.69. The van der Waals surface area contributed by atoms with Crippen LogP contribution in [0, 0.1) is 0 Å². The second kappa shape index (κ2) is 4.96. The molecule has 0 saturated carbocycles. The zero-order valence-corrected chi connectivity index (χ0v) is 9.26. The number of hydrogen-bond acceptors (Lipinski definition) is 4. The summed E-state index contributed by atoms with van der Waals surface area (Å²) in [4.78, 5) is 11.1. The van der Waals surface area contributed by atoms with Gasteiger partial charge in [0.1, 0.15) is 12.1 Å². The molecule has 1 heterocycles. The summed E-state index contributed by atoms with van der Waals surface area (Å²) in [5.41, 5.74) is -0.214. The minimum Gasteiger partial charge on any atom is -0.406 e. The van der Waals surface area contributed by atoms with Gasteiger partial charge in [-0.1, -0.05) is 12.1 Å². The van der Waals surface area contributed by atoms with E-state index in [9.17, 15) is 18.0 Å². The van der Waals surface area contributed by atoms with E-state index in [4.69, 9.17) is 0 Å². The van der Waals surface area contributed by atoms with Gasteiger partial charge in [0.05, 0.1) is 6.21 Å². The highest BCUT2D eigenvalue weighted by molar-refractivity contribution is 5.80. The molecule has 0 amide bonds. The topological polar surface area (TPSA) is 72.3 Å². The van der Waals surface area contributed by atoms with E-state index in [0.29, 0.717) is 5.56 Å². The van der Waals surface area contributed by atoms with Crippen LogP contribution in [0.25, 0.3) is 0 Å². The lowest BCUT2D eigenvalue weighted by Crippen LogP contribution is -2.17. The number of nitrogens with one attached hydrogen (secondary N) is 1. The van der Waals surface area contributed by atoms with Crippen molar-refractivity contribution in [2.75, 3.05) is 0 Å². The van der Waals surface area contributed by atoms with Crippen LogP contribution in [0.5, 0.6) is 5.75 Å². The second-order valence-electron chi connectivity index (χ2n) is 3.37. The van der Waals surface area contributed by atoms with Crippen molar-refractivity contribution in [2.24, 2.45) is 5.10 Å². The van der Waals surface area contributed by atoms with Crippen molar-refractivity contribution < 1.29 is 17.9 Å². The van der Waals surface area contributed by atoms with Gasteiger partial charge >= 0.3 is 12.1 Å². The third-order valence-electron chi connectivity index (χ3n) is 1.96. The van der Waals surface area contributed by atoms with Crippen LogP contribution in [0.2, 0.25) is 0 Å². The fraction of sp³-hybridized carbons (Fsp3) is 0.100. The van der Waals surface area contributed by atoms with Crippen LogP contribution in [0.4, 0.5) is 13.2 Å². The summed E-state index contributed by atoms with van der Waals surface area (Å²) in [6, 6.07) is 5.19. The molecule has 1 N–H and O–H groups in total. The molecule has 0 radical (unpaired) electrons. The first-order valence-electron chi connectivity index (χ1n) is 4.96. The Bertz CT molecular complexity index is 644. The fourth-order valence-corrected chi connectivity index (χ4v) is 1.25. The summed E-state index contributed by atoms with van der Waals surface area (Å²) in [5.74, 6) is -0.365. The number of aromatic amines is 1. The number of alkyl halides is 3. The largest absolute Gasteiger partial charge is 0.573 e. The Labute approximate surface area is 104 Å². The predicted molar refractivity (Wildman–Crippen MR) is 59.0 cm³/mol. The summed E-state index contributed by atoms with van der Waals surface area (Å²) < 4.78 is 40.7. The molecule has 0 aliphatic rings. The van der Waals surface area contributed by atoms with E-state index in [1.807, 2.05) is 0 Å². The van der Waals surface area contributed by atoms with Gasteiger partial charge in [-0.05, 0) is 17.7 Å². The maximum atomic E-state index is 12.0. The van der Waals surface area contributed by atoms with Gasteiger partial charge in [0.2, 0.25) is 0 Å². The average Bonchev–Trinajstić information content (AvgIpc) is 2.70. The Morgan fingerprint density at radius 2 is 2.21 bits per heavy atom. The molecule has 0 atom stereocenters. The van der Waals surface area contributed by atoms with Crippen molar-refractivity contribution in [3.8, 4) is 5.75 Å². The number of H-pyrrole nitrogens is 1. The van der Waals surface area contributed by atoms with E-state index in [1.165, 1.54) is 18.3 Å². The summed E-state index contributed by atoms with van der Waals surface area (Å²) in [5, 5.41) is 9.28. The predicted octanol–water partition coefficient (Wildman–Crippen LogP) is 1.35. The highest BCUT2D eigenvalue weighted by atomic mass is 19.4. The van der Waals surface area contributed by atoms with E-state index in [2.05, 4.69) is 20.0 Å². The van der Waals surface area contributed by atoms with Crippen molar-refractivity contribution in [2.45, 2.75) is 6.36 Å². The number of hydrogen-bond donors (Lipinski definition) is 1. The van der Waals surface area contributed by atoms with Crippen molar-refractivity contribution in [1.82, 2.24) is 14.9 Å². The standard InChI is InChI=1S/C10H7F3N4O2/c11-10(12,13)19-8-3-1-2-7(4-8)5-15-17-6-14-16-9(17)18/h1-6H,(H,16,18)/b15-5+. The summed E-state index contributed by atoms with van der Waals surface area (Å²) in [6.45, 7) is 0. The second-order valence-corrected chi connectivity index (χ2v) is 3.37. The number of nitrogens with zero attached hydrogens (tertiary/aromatic N) is 3. The van der Waals surface area contributed by atoms with Gasteiger partial charge in [-0.3, -0.25) is 0 Å². The first kappa shape index (κ1) is 12.9. The van der Waals surface area contributed by atoms with E-state index in [1.54, 1.807) is 0 Å². The Hall–Kier alpha value is -2.58. The molecule has 1 aromatic carbocycles. The first-order chi connectivity index (χ1) is 8.94. The summed E-state index contributed by atoms with van der Waals surface area (Å²) in [7, 11) is 0. The highest BCUT2D eigenvalue weighted by Gasteiger charge is 2.30. The van der Waals surface area contributed by atoms with Gasteiger partial charge in [0.25, 0.3) is 0 Å². The molecule has 0 aliphatic heterocycles. The molecule has 0 saturated heterocycles. The molecular formula is C10H7F3N4O2. The van der Waals surface area contributed by atoms with Gasteiger partial charge in [-0.25, -0.2) is 9.89 Å². The van der Waals surface area contributed by atoms with Crippen LogP contribution in [-0.4, -0.2) is 27.5 Å². The molecule has 1 aromatic heterocycles. The van der Waals surface area contributed by atoms with E-state index in [-0.39, 0.29) is 5.75 Å². The molecule has 100 valence electrons. The molecule has 2 aromatic rings. The number of rotatable bonds is 3. The zero-order valence-electron chi connectivity index (χ0n) is 9.26. The number of halogens is 3. The van der Waals surface area contributed by atoms with Crippen LogP contribution in [0.3, 0.4) is 0 Å². The van der Waals surface area contributed by atoms with Gasteiger partial charge < -0.3 is 4.74 Å². The van der Waals surface area contributed by atoms with Crippen molar-refractivity contribution in [3.05, 3.63) is 46.6 Å². The lowest BCUT2D eigenvalue weighted by Gasteiger charge is -2.08. The Morgan fingerprint density at radius 1 is 1.42 bits per heavy atom. The monoisotopic (exact) mass is 272 g/mol. The van der Waals surface area contributed by atoms with E-state index >= 15 is 0 Å². The maximum absolute atomic E-state index is 12.0. The number of aromatic nitrogens is 3. The van der Waals surface area contributed by atoms with Crippen LogP contribution < -0.4 is 10.4 Å². The smallest absolute Gasteiger partial charge is 0.406 e. The molecule has 0 spiro atoms. The molecule has 0 fully saturated rings. The molecule has 9 heteroatoms. The summed E-state index contributed by atoms with van der Waals surface area (Å²) >= 11 is 0. The van der Waals surface area contributed by atoms with Crippen LogP contribution in [-0.2, 0) is 0 Å². The van der Waals surface area contributed by atoms with Gasteiger partial charge in [-0.2, -0.15) is 14.9 Å². The molecule has 0 bridgehead atoms. The summed E-state index contributed by atoms with van der Waals surface area (Å²) in [6.07, 6.45) is -2.41. The molecule has 6 nitrogen and oxygen atoms in total. The minimum atomic E-state index is -4.75. The Kier molecular flexibility index (Phi) is 3.36. The van der Waals surface area contributed by atoms with Gasteiger partial charge in [-0.15, -0.1) is 13.2 Å². The average molecular weight is 272 g/mol. The van der Waals surface area contributed by atoms with Gasteiger partial charge in [0.15, 0.2) is 0 Å². The van der Waals surface area contributed by atoms with Crippen molar-refractivity contribution in [1.29, 1.82) is 0 Å². The number of benzene rings is 1.